The van der Waals surface area contributed by atoms with Gasteiger partial charge in [-0.15, -0.1) is 0 Å². The van der Waals surface area contributed by atoms with Crippen molar-refractivity contribution in [2.75, 3.05) is 0 Å². The fourth-order valence-electron chi connectivity index (χ4n) is 0. The summed E-state index contributed by atoms with van der Waals surface area (Å²) in [5.41, 5.74) is 0. The summed E-state index contributed by atoms with van der Waals surface area (Å²) < 4.78 is 0. The third-order valence-electron chi connectivity index (χ3n) is 0. The zero-order valence-electron chi connectivity index (χ0n) is 17.3. The van der Waals surface area contributed by atoms with Gasteiger partial charge in [0.15, 0.2) is 0 Å². The van der Waals surface area contributed by atoms with E-state index < -0.39 is 41.8 Å². The standard InChI is InChI=1S/7C2H4O2.Sn.Y/c7*1-2(3)4;;/h7*1H3,(H,3,4);;/q;;;;;;;+4;+3/p-7. The first-order valence-corrected chi connectivity index (χ1v) is 6.36. The van der Waals surface area contributed by atoms with E-state index in [0.717, 1.165) is 48.5 Å². The van der Waals surface area contributed by atoms with Crippen LogP contribution in [0.25, 0.3) is 0 Å². The van der Waals surface area contributed by atoms with Crippen LogP contribution < -0.4 is 35.7 Å². The minimum Gasteiger partial charge on any atom is -0.550 e. The molecule has 0 aromatic rings. The van der Waals surface area contributed by atoms with Crippen LogP contribution in [0.4, 0.5) is 0 Å². The van der Waals surface area contributed by atoms with Crippen molar-refractivity contribution in [1.29, 1.82) is 0 Å². The molecule has 0 heterocycles. The predicted octanol–water partition coefficient (Wildman–Crippen LogP) is -9.09. The SMILES string of the molecule is CC(=O)[O-].CC(=O)[O-].CC(=O)[O-].CC(=O)[O-].CC(=O)[O-].CC(=O)[O-].CC(=O)[O-].[Sn+4].[Y+3]. The minimum atomic E-state index is -1.08. The van der Waals surface area contributed by atoms with Crippen molar-refractivity contribution in [3.8, 4) is 0 Å². The topological polar surface area (TPSA) is 281 Å². The predicted molar refractivity (Wildman–Crippen MR) is 80.5 cm³/mol. The molecule has 0 spiro atoms. The summed E-state index contributed by atoms with van der Waals surface area (Å²) in [6, 6.07) is 0. The molecular weight excluding hydrogens is 600 g/mol. The van der Waals surface area contributed by atoms with Gasteiger partial charge in [0.25, 0.3) is 0 Å². The Balaban J connectivity index is -0.0000000242. The van der Waals surface area contributed by atoms with E-state index in [0.29, 0.717) is 0 Å². The normalized spacial score (nSPS) is 5.83. The summed E-state index contributed by atoms with van der Waals surface area (Å²) in [5, 5.41) is 62.2. The average molecular weight is 621 g/mol. The van der Waals surface area contributed by atoms with Crippen molar-refractivity contribution < 1.29 is 102 Å². The Kier molecular flexibility index (Phi) is 95.5. The second-order valence-electron chi connectivity index (χ2n) is 3.44. The van der Waals surface area contributed by atoms with Gasteiger partial charge in [-0.3, -0.25) is 0 Å². The molecule has 0 aliphatic heterocycles. The first-order valence-electron chi connectivity index (χ1n) is 6.36. The summed E-state index contributed by atoms with van der Waals surface area (Å²) in [4.78, 5) is 62.2. The van der Waals surface area contributed by atoms with Gasteiger partial charge in [0.1, 0.15) is 0 Å². The third kappa shape index (κ3) is 5090. The number of aliphatic carboxylic acids is 7. The molecule has 0 unspecified atom stereocenters. The maximum Gasteiger partial charge on any atom is 4.00 e. The van der Waals surface area contributed by atoms with Gasteiger partial charge in [0.2, 0.25) is 0 Å². The third-order valence-corrected chi connectivity index (χ3v) is 0. The Bertz CT molecular complexity index is 320. The van der Waals surface area contributed by atoms with Crippen molar-refractivity contribution in [3.05, 3.63) is 0 Å². The van der Waals surface area contributed by atoms with Gasteiger partial charge in [0.05, 0.1) is 0 Å². The van der Waals surface area contributed by atoms with E-state index in [1.807, 2.05) is 0 Å². The van der Waals surface area contributed by atoms with Gasteiger partial charge >= 0.3 is 56.6 Å². The van der Waals surface area contributed by atoms with Crippen molar-refractivity contribution in [1.82, 2.24) is 0 Å². The monoisotopic (exact) mass is 622 g/mol. The van der Waals surface area contributed by atoms with E-state index >= 15 is 0 Å². The molecule has 0 aromatic heterocycles. The van der Waals surface area contributed by atoms with Gasteiger partial charge in [-0.2, -0.15) is 0 Å². The Morgan fingerprint density at radius 1 is 0.333 bits per heavy atom. The van der Waals surface area contributed by atoms with Crippen LogP contribution in [0.2, 0.25) is 0 Å². The summed E-state index contributed by atoms with van der Waals surface area (Å²) in [7, 11) is 0. The maximum absolute atomic E-state index is 8.89. The fourth-order valence-corrected chi connectivity index (χ4v) is 0. The largest absolute Gasteiger partial charge is 4.00 e. The first kappa shape index (κ1) is 56.6. The van der Waals surface area contributed by atoms with E-state index in [4.69, 9.17) is 69.3 Å². The molecule has 0 N–H and O–H groups in total. The van der Waals surface area contributed by atoms with Gasteiger partial charge < -0.3 is 69.3 Å². The number of carbonyl (C=O) groups excluding carboxylic acids is 7. The van der Waals surface area contributed by atoms with Gasteiger partial charge in [-0.05, 0) is 48.5 Å². The molecule has 30 heavy (non-hydrogen) atoms. The molecule has 0 fully saturated rings. The van der Waals surface area contributed by atoms with Crippen LogP contribution in [0, 0.1) is 0 Å². The average Bonchev–Trinajstić information content (AvgIpc) is 2.20. The van der Waals surface area contributed by atoms with Gasteiger partial charge in [-0.1, -0.05) is 0 Å². The van der Waals surface area contributed by atoms with E-state index in [-0.39, 0.29) is 56.6 Å². The van der Waals surface area contributed by atoms with Crippen LogP contribution in [0.3, 0.4) is 0 Å². The molecule has 0 radical (unpaired) electrons. The quantitative estimate of drug-likeness (QED) is 0.227. The van der Waals surface area contributed by atoms with Crippen LogP contribution >= 0.6 is 0 Å². The van der Waals surface area contributed by atoms with Crippen molar-refractivity contribution in [2.24, 2.45) is 0 Å². The summed E-state index contributed by atoms with van der Waals surface area (Å²) in [6.45, 7) is 6.81. The number of hydrogen-bond donors (Lipinski definition) is 0. The van der Waals surface area contributed by atoms with Crippen LogP contribution in [0.5, 0.6) is 0 Å². The Hall–Kier alpha value is -1.81. The molecule has 168 valence electrons. The second-order valence-corrected chi connectivity index (χ2v) is 3.44. The van der Waals surface area contributed by atoms with Crippen LogP contribution in [-0.4, -0.2) is 65.7 Å². The molecule has 0 saturated carbocycles. The molecule has 0 aromatic carbocycles. The Morgan fingerprint density at radius 3 is 0.333 bits per heavy atom. The van der Waals surface area contributed by atoms with E-state index in [9.17, 15) is 0 Å². The molecule has 16 heteroatoms. The zero-order valence-corrected chi connectivity index (χ0v) is 23.0. The Labute approximate surface area is 215 Å². The summed E-state index contributed by atoms with van der Waals surface area (Å²) >= 11 is 0. The zero-order chi connectivity index (χ0) is 25.0. The number of rotatable bonds is 0. The van der Waals surface area contributed by atoms with Crippen LogP contribution in [0.1, 0.15) is 48.5 Å². The smallest absolute Gasteiger partial charge is 0.550 e. The summed E-state index contributed by atoms with van der Waals surface area (Å²) in [5.74, 6) is -7.58. The number of carbonyl (C=O) groups is 7. The first-order chi connectivity index (χ1) is 12.1. The minimum absolute atomic E-state index is 0. The van der Waals surface area contributed by atoms with E-state index in [2.05, 4.69) is 0 Å². The second kappa shape index (κ2) is 50.6. The number of hydrogen-bond acceptors (Lipinski definition) is 14. The number of carboxylic acids is 7. The van der Waals surface area contributed by atoms with E-state index in [1.54, 1.807) is 0 Å². The van der Waals surface area contributed by atoms with E-state index in [1.165, 1.54) is 0 Å². The molecule has 0 saturated heterocycles. The molecule has 0 amide bonds. The van der Waals surface area contributed by atoms with Crippen molar-refractivity contribution >= 4 is 65.7 Å². The molecule has 0 aliphatic rings. The number of carboxylic acid groups (broad SMARTS) is 7. The van der Waals surface area contributed by atoms with Crippen LogP contribution in [0.15, 0.2) is 0 Å². The molecule has 0 rings (SSSR count). The van der Waals surface area contributed by atoms with Gasteiger partial charge in [-0.25, -0.2) is 0 Å². The van der Waals surface area contributed by atoms with Crippen molar-refractivity contribution in [3.63, 3.8) is 0 Å². The molecule has 0 atom stereocenters. The van der Waals surface area contributed by atoms with Crippen molar-refractivity contribution in [2.45, 2.75) is 48.5 Å². The van der Waals surface area contributed by atoms with Crippen LogP contribution in [-0.2, 0) is 66.3 Å². The molecule has 14 nitrogen and oxygen atoms in total. The Morgan fingerprint density at radius 2 is 0.333 bits per heavy atom. The molecule has 0 aliphatic carbocycles. The molecular formula is C14H21O14SnY. The van der Waals surface area contributed by atoms with Gasteiger partial charge in [0, 0.05) is 41.8 Å². The molecule has 0 bridgehead atoms. The summed E-state index contributed by atoms with van der Waals surface area (Å²) in [6.07, 6.45) is 0. The maximum atomic E-state index is 8.89. The fraction of sp³-hybridized carbons (Fsp3) is 0.500.